The largest absolute Gasteiger partial charge is 0.360 e. The quantitative estimate of drug-likeness (QED) is 0.606. The number of para-hydroxylation sites is 1. The average molecular weight is 426 g/mol. The number of nitrogens with one attached hydrogen (secondary N) is 3. The van der Waals surface area contributed by atoms with Crippen LogP contribution in [0, 0.1) is 23.2 Å². The van der Waals surface area contributed by atoms with Crippen LogP contribution in [0.5, 0.6) is 0 Å². The average Bonchev–Trinajstić information content (AvgIpc) is 2.76. The molecule has 4 bridgehead atoms. The Morgan fingerprint density at radius 3 is 2.10 bits per heavy atom. The Hall–Kier alpha value is -2.08. The molecule has 1 saturated heterocycles. The molecule has 0 unspecified atom stereocenters. The molecule has 31 heavy (non-hydrogen) atoms. The van der Waals surface area contributed by atoms with Gasteiger partial charge in [0.1, 0.15) is 0 Å². The molecule has 4 aliphatic carbocycles. The molecule has 1 heterocycles. The first-order valence-corrected chi connectivity index (χ1v) is 12.3. The molecule has 4 saturated carbocycles. The van der Waals surface area contributed by atoms with Gasteiger partial charge in [-0.05, 0) is 73.8 Å². The first-order chi connectivity index (χ1) is 15.1. The molecule has 2 amide bonds. The van der Waals surface area contributed by atoms with E-state index in [0.717, 1.165) is 50.5 Å². The summed E-state index contributed by atoms with van der Waals surface area (Å²) in [4.78, 5) is 28.7. The minimum Gasteiger partial charge on any atom is -0.360 e. The number of quaternary nitrogens is 1. The second kappa shape index (κ2) is 8.81. The van der Waals surface area contributed by atoms with E-state index in [0.29, 0.717) is 12.8 Å². The summed E-state index contributed by atoms with van der Waals surface area (Å²) in [6, 6.07) is 10.5. The van der Waals surface area contributed by atoms with Gasteiger partial charge in [-0.15, -0.1) is 0 Å². The number of hydrogen-bond donors (Lipinski definition) is 3. The fourth-order valence-electron chi connectivity index (χ4n) is 7.35. The zero-order valence-corrected chi connectivity index (χ0v) is 18.6. The Labute approximate surface area is 185 Å². The van der Waals surface area contributed by atoms with Gasteiger partial charge in [0.2, 0.25) is 11.8 Å². The summed E-state index contributed by atoms with van der Waals surface area (Å²) in [6.45, 7) is 4.94. The van der Waals surface area contributed by atoms with Crippen LogP contribution in [0.2, 0.25) is 0 Å². The monoisotopic (exact) mass is 425 g/mol. The lowest BCUT2D eigenvalue weighted by atomic mass is 9.49. The molecule has 3 N–H and O–H groups in total. The fraction of sp³-hybridized carbons (Fsp3) is 0.680. The number of anilines is 1. The summed E-state index contributed by atoms with van der Waals surface area (Å²) >= 11 is 0. The Morgan fingerprint density at radius 2 is 1.48 bits per heavy atom. The molecule has 1 aromatic carbocycles. The summed E-state index contributed by atoms with van der Waals surface area (Å²) in [5, 5.41) is 0. The number of benzene rings is 1. The third-order valence-electron chi connectivity index (χ3n) is 8.34. The minimum atomic E-state index is -0.0724. The molecule has 0 spiro atoms. The molecule has 6 nitrogen and oxygen atoms in total. The van der Waals surface area contributed by atoms with Crippen LogP contribution in [0.3, 0.4) is 0 Å². The van der Waals surface area contributed by atoms with E-state index in [1.807, 2.05) is 6.07 Å². The lowest BCUT2D eigenvalue weighted by Crippen LogP contribution is -3.15. The van der Waals surface area contributed by atoms with E-state index in [2.05, 4.69) is 40.0 Å². The zero-order chi connectivity index (χ0) is 21.3. The topological polar surface area (TPSA) is 65.9 Å². The maximum atomic E-state index is 12.6. The Bertz CT molecular complexity index is 753. The van der Waals surface area contributed by atoms with Crippen LogP contribution in [-0.2, 0) is 9.59 Å². The zero-order valence-electron chi connectivity index (χ0n) is 18.6. The van der Waals surface area contributed by atoms with Crippen LogP contribution >= 0.6 is 0 Å². The molecule has 0 aromatic heterocycles. The highest BCUT2D eigenvalue weighted by molar-refractivity contribution is 5.82. The number of carbonyl (C=O) groups excluding carboxylic acids is 2. The van der Waals surface area contributed by atoms with Gasteiger partial charge in [0.15, 0.2) is 0 Å². The van der Waals surface area contributed by atoms with Crippen molar-refractivity contribution >= 4 is 17.5 Å². The summed E-state index contributed by atoms with van der Waals surface area (Å²) in [5.74, 6) is 2.47. The number of hydrazine groups is 1. The highest BCUT2D eigenvalue weighted by atomic mass is 16.2. The Balaban J connectivity index is 1.000. The molecule has 5 fully saturated rings. The molecular formula is C25H37N4O2+. The van der Waals surface area contributed by atoms with Crippen molar-refractivity contribution in [3.8, 4) is 0 Å². The van der Waals surface area contributed by atoms with E-state index in [4.69, 9.17) is 0 Å². The Kier molecular flexibility index (Phi) is 5.91. The standard InChI is InChI=1S/C25H36N4O2/c30-23(6-7-28-8-10-29(11-9-28)22-4-2-1-3-5-22)26-27-24(31)18-25-15-19-12-20(16-25)14-21(13-19)17-25/h1-5,19-21H,6-18H2,(H,26,30)(H,27,31)/p+1. The summed E-state index contributed by atoms with van der Waals surface area (Å²) in [6.07, 6.45) is 8.87. The fourth-order valence-corrected chi connectivity index (χ4v) is 7.35. The molecule has 0 radical (unpaired) electrons. The van der Waals surface area contributed by atoms with Gasteiger partial charge in [-0.25, -0.2) is 0 Å². The van der Waals surface area contributed by atoms with Gasteiger partial charge in [0.25, 0.3) is 0 Å². The van der Waals surface area contributed by atoms with Gasteiger partial charge in [-0.3, -0.25) is 20.4 Å². The van der Waals surface area contributed by atoms with E-state index in [-0.39, 0.29) is 17.2 Å². The summed E-state index contributed by atoms with van der Waals surface area (Å²) in [7, 11) is 0. The second-order valence-electron chi connectivity index (χ2n) is 10.8. The second-order valence-corrected chi connectivity index (χ2v) is 10.8. The first kappa shape index (κ1) is 20.8. The molecule has 6 rings (SSSR count). The van der Waals surface area contributed by atoms with Gasteiger partial charge in [-0.2, -0.15) is 0 Å². The number of hydrogen-bond acceptors (Lipinski definition) is 3. The molecule has 0 atom stereocenters. The van der Waals surface area contributed by atoms with Crippen molar-refractivity contribution < 1.29 is 14.5 Å². The lowest BCUT2D eigenvalue weighted by Gasteiger charge is -2.56. The highest BCUT2D eigenvalue weighted by Gasteiger charge is 2.51. The van der Waals surface area contributed by atoms with Gasteiger partial charge in [0.05, 0.1) is 39.1 Å². The van der Waals surface area contributed by atoms with E-state index in [1.54, 1.807) is 0 Å². The molecular weight excluding hydrogens is 388 g/mol. The third kappa shape index (κ3) is 4.89. The van der Waals surface area contributed by atoms with Gasteiger partial charge >= 0.3 is 0 Å². The van der Waals surface area contributed by atoms with Crippen molar-refractivity contribution in [2.24, 2.45) is 23.2 Å². The minimum absolute atomic E-state index is 0.000813. The van der Waals surface area contributed by atoms with E-state index >= 15 is 0 Å². The summed E-state index contributed by atoms with van der Waals surface area (Å²) < 4.78 is 0. The number of rotatable bonds is 6. The van der Waals surface area contributed by atoms with Gasteiger partial charge in [-0.1, -0.05) is 18.2 Å². The van der Waals surface area contributed by atoms with Crippen LogP contribution in [0.15, 0.2) is 30.3 Å². The Morgan fingerprint density at radius 1 is 0.903 bits per heavy atom. The van der Waals surface area contributed by atoms with Crippen molar-refractivity contribution in [3.05, 3.63) is 30.3 Å². The maximum Gasteiger partial charge on any atom is 0.244 e. The van der Waals surface area contributed by atoms with Crippen LogP contribution < -0.4 is 20.7 Å². The van der Waals surface area contributed by atoms with Crippen molar-refractivity contribution in [2.75, 3.05) is 37.6 Å². The molecule has 1 aliphatic heterocycles. The number of piperazine rings is 1. The SMILES string of the molecule is O=C(CC[NH+]1CCN(c2ccccc2)CC1)NNC(=O)CC12CC3CC(CC(C3)C1)C2. The molecule has 1 aromatic rings. The summed E-state index contributed by atoms with van der Waals surface area (Å²) in [5.41, 5.74) is 6.89. The van der Waals surface area contributed by atoms with E-state index < -0.39 is 0 Å². The first-order valence-electron chi connectivity index (χ1n) is 12.3. The lowest BCUT2D eigenvalue weighted by molar-refractivity contribution is -0.900. The molecule has 5 aliphatic rings. The third-order valence-corrected chi connectivity index (χ3v) is 8.34. The van der Waals surface area contributed by atoms with Crippen LogP contribution in [-0.4, -0.2) is 44.5 Å². The van der Waals surface area contributed by atoms with Crippen LogP contribution in [0.4, 0.5) is 5.69 Å². The van der Waals surface area contributed by atoms with Crippen molar-refractivity contribution in [3.63, 3.8) is 0 Å². The molecule has 6 heteroatoms. The van der Waals surface area contributed by atoms with Crippen molar-refractivity contribution in [2.45, 2.75) is 51.4 Å². The van der Waals surface area contributed by atoms with Gasteiger partial charge in [0, 0.05) is 12.1 Å². The normalized spacial score (nSPS) is 32.1. The van der Waals surface area contributed by atoms with E-state index in [1.165, 1.54) is 49.1 Å². The van der Waals surface area contributed by atoms with Gasteiger partial charge < -0.3 is 9.80 Å². The number of carbonyl (C=O) groups is 2. The van der Waals surface area contributed by atoms with Crippen molar-refractivity contribution in [1.29, 1.82) is 0 Å². The highest BCUT2D eigenvalue weighted by Crippen LogP contribution is 2.61. The smallest absolute Gasteiger partial charge is 0.244 e. The number of nitrogens with zero attached hydrogens (tertiary/aromatic N) is 1. The van der Waals surface area contributed by atoms with Crippen molar-refractivity contribution in [1.82, 2.24) is 10.9 Å². The predicted molar refractivity (Wildman–Crippen MR) is 120 cm³/mol. The predicted octanol–water partition coefficient (Wildman–Crippen LogP) is 1.54. The van der Waals surface area contributed by atoms with E-state index in [9.17, 15) is 9.59 Å². The maximum absolute atomic E-state index is 12.6. The number of amides is 2. The molecule has 168 valence electrons. The van der Waals surface area contributed by atoms with Crippen LogP contribution in [0.25, 0.3) is 0 Å². The van der Waals surface area contributed by atoms with Crippen LogP contribution in [0.1, 0.15) is 51.4 Å².